The third-order valence-electron chi connectivity index (χ3n) is 7.16. The van der Waals surface area contributed by atoms with Gasteiger partial charge >= 0.3 is 0 Å². The lowest BCUT2D eigenvalue weighted by molar-refractivity contribution is 0.0362. The average molecular weight is 442 g/mol. The number of ether oxygens (including phenoxy) is 1. The number of thiophene rings is 1. The predicted molar refractivity (Wildman–Crippen MR) is 127 cm³/mol. The van der Waals surface area contributed by atoms with Crippen molar-refractivity contribution in [3.63, 3.8) is 0 Å². The van der Waals surface area contributed by atoms with E-state index < -0.39 is 6.10 Å². The number of fused-ring (bicyclic) bond motifs is 2. The molecule has 31 heavy (non-hydrogen) atoms. The first-order chi connectivity index (χ1) is 15.2. The van der Waals surface area contributed by atoms with Crippen molar-refractivity contribution in [3.05, 3.63) is 45.7 Å². The van der Waals surface area contributed by atoms with Gasteiger partial charge in [0.1, 0.15) is 10.9 Å². The maximum atomic E-state index is 11.7. The Labute approximate surface area is 189 Å². The van der Waals surface area contributed by atoms with Crippen molar-refractivity contribution >= 4 is 21.6 Å². The number of morpholine rings is 1. The van der Waals surface area contributed by atoms with Crippen molar-refractivity contribution in [3.8, 4) is 0 Å². The molecule has 1 aliphatic heterocycles. The highest BCUT2D eigenvalue weighted by Gasteiger charge is 2.29. The summed E-state index contributed by atoms with van der Waals surface area (Å²) in [5.74, 6) is 0. The highest BCUT2D eigenvalue weighted by Crippen LogP contribution is 2.39. The third-order valence-corrected chi connectivity index (χ3v) is 8.11. The fraction of sp³-hybridized carbons (Fsp3) is 0.600. The molecular formula is C25H35N3O2S. The van der Waals surface area contributed by atoms with E-state index in [0.29, 0.717) is 0 Å². The van der Waals surface area contributed by atoms with Crippen LogP contribution in [0, 0.1) is 6.92 Å². The Hall–Kier alpha value is -1.60. The van der Waals surface area contributed by atoms with Gasteiger partial charge in [0.25, 0.3) is 0 Å². The SMILES string of the molecule is CCCn1c(C(O)c2c3c(n(CCN4CCOCC4)c2C)CCCC3)cc2ccsc21. The quantitative estimate of drug-likeness (QED) is 0.586. The van der Waals surface area contributed by atoms with E-state index in [0.717, 1.165) is 70.9 Å². The molecule has 0 radical (unpaired) electrons. The number of rotatable bonds is 7. The summed E-state index contributed by atoms with van der Waals surface area (Å²) in [5.41, 5.74) is 6.40. The molecule has 5 rings (SSSR count). The van der Waals surface area contributed by atoms with Crippen LogP contribution in [0.25, 0.3) is 10.2 Å². The summed E-state index contributed by atoms with van der Waals surface area (Å²) >= 11 is 1.78. The molecule has 0 saturated carbocycles. The van der Waals surface area contributed by atoms with Gasteiger partial charge in [-0.05, 0) is 62.1 Å². The Morgan fingerprint density at radius 1 is 1.10 bits per heavy atom. The summed E-state index contributed by atoms with van der Waals surface area (Å²) in [6.07, 6.45) is 5.23. The van der Waals surface area contributed by atoms with Gasteiger partial charge in [0.05, 0.1) is 18.9 Å². The summed E-state index contributed by atoms with van der Waals surface area (Å²) in [4.78, 5) is 3.79. The fourth-order valence-corrected chi connectivity index (χ4v) is 6.53. The lowest BCUT2D eigenvalue weighted by Crippen LogP contribution is -2.38. The maximum Gasteiger partial charge on any atom is 0.121 e. The minimum atomic E-state index is -0.553. The van der Waals surface area contributed by atoms with Crippen LogP contribution in [0.4, 0.5) is 0 Å². The minimum Gasteiger partial charge on any atom is -0.382 e. The Bertz CT molecular complexity index is 1040. The molecule has 1 fully saturated rings. The molecule has 3 aromatic rings. The van der Waals surface area contributed by atoms with Gasteiger partial charge in [-0.15, -0.1) is 11.3 Å². The van der Waals surface area contributed by atoms with Gasteiger partial charge in [-0.3, -0.25) is 4.90 Å². The van der Waals surface area contributed by atoms with Crippen LogP contribution in [0.3, 0.4) is 0 Å². The Kier molecular flexibility index (Phi) is 6.24. The summed E-state index contributed by atoms with van der Waals surface area (Å²) in [6.45, 7) is 11.2. The van der Waals surface area contributed by atoms with Crippen LogP contribution in [0.1, 0.15) is 60.5 Å². The molecule has 1 unspecified atom stereocenters. The summed E-state index contributed by atoms with van der Waals surface area (Å²) < 4.78 is 10.4. The molecule has 1 saturated heterocycles. The second kappa shape index (κ2) is 9.10. The van der Waals surface area contributed by atoms with Crippen molar-refractivity contribution in [1.29, 1.82) is 0 Å². The van der Waals surface area contributed by atoms with Crippen LogP contribution < -0.4 is 0 Å². The van der Waals surface area contributed by atoms with Gasteiger partial charge < -0.3 is 19.0 Å². The van der Waals surface area contributed by atoms with E-state index in [-0.39, 0.29) is 0 Å². The van der Waals surface area contributed by atoms with E-state index in [4.69, 9.17) is 4.74 Å². The molecule has 0 spiro atoms. The lowest BCUT2D eigenvalue weighted by atomic mass is 9.91. The number of nitrogens with zero attached hydrogens (tertiary/aromatic N) is 3. The molecule has 1 N–H and O–H groups in total. The van der Waals surface area contributed by atoms with Crippen LogP contribution >= 0.6 is 11.3 Å². The van der Waals surface area contributed by atoms with Crippen LogP contribution in [0.5, 0.6) is 0 Å². The Morgan fingerprint density at radius 3 is 2.71 bits per heavy atom. The van der Waals surface area contributed by atoms with Crippen molar-refractivity contribution in [2.45, 2.75) is 65.1 Å². The normalized spacial score (nSPS) is 18.5. The van der Waals surface area contributed by atoms with Crippen molar-refractivity contribution in [2.75, 3.05) is 32.8 Å². The second-order valence-electron chi connectivity index (χ2n) is 9.04. The van der Waals surface area contributed by atoms with E-state index in [1.807, 2.05) is 0 Å². The van der Waals surface area contributed by atoms with E-state index in [1.165, 1.54) is 45.6 Å². The molecule has 1 atom stereocenters. The van der Waals surface area contributed by atoms with Crippen LogP contribution in [-0.4, -0.2) is 52.0 Å². The van der Waals surface area contributed by atoms with E-state index in [1.54, 1.807) is 11.3 Å². The van der Waals surface area contributed by atoms with Crippen molar-refractivity contribution in [1.82, 2.24) is 14.0 Å². The Morgan fingerprint density at radius 2 is 1.90 bits per heavy atom. The van der Waals surface area contributed by atoms with Gasteiger partial charge in [0.15, 0.2) is 0 Å². The number of aliphatic hydroxyl groups excluding tert-OH is 1. The summed E-state index contributed by atoms with van der Waals surface area (Å²) in [5, 5.41) is 15.1. The topological polar surface area (TPSA) is 42.6 Å². The fourth-order valence-electron chi connectivity index (χ4n) is 5.60. The van der Waals surface area contributed by atoms with E-state index >= 15 is 0 Å². The predicted octanol–water partition coefficient (Wildman–Crippen LogP) is 4.52. The van der Waals surface area contributed by atoms with Crippen LogP contribution in [-0.2, 0) is 30.7 Å². The first-order valence-corrected chi connectivity index (χ1v) is 12.8. The molecule has 0 aromatic carbocycles. The zero-order valence-corrected chi connectivity index (χ0v) is 19.7. The first kappa shape index (κ1) is 21.3. The standard InChI is InChI=1S/C25H35N3O2S/c1-3-9-28-22(17-19-8-16-31-25(19)28)24(29)23-18(2)27(21-7-5-4-6-20(21)23)11-10-26-12-14-30-15-13-26/h8,16-17,24,29H,3-7,9-15H2,1-2H3. The van der Waals surface area contributed by atoms with Gasteiger partial charge in [-0.2, -0.15) is 0 Å². The van der Waals surface area contributed by atoms with Crippen molar-refractivity contribution < 1.29 is 9.84 Å². The molecular weight excluding hydrogens is 406 g/mol. The maximum absolute atomic E-state index is 11.7. The first-order valence-electron chi connectivity index (χ1n) is 11.9. The number of aryl methyl sites for hydroxylation is 1. The molecule has 4 heterocycles. The van der Waals surface area contributed by atoms with Gasteiger partial charge in [-0.25, -0.2) is 0 Å². The molecule has 1 aliphatic carbocycles. The number of hydrogen-bond donors (Lipinski definition) is 1. The molecule has 2 aliphatic rings. The third kappa shape index (κ3) is 3.88. The largest absolute Gasteiger partial charge is 0.382 e. The number of hydrogen-bond acceptors (Lipinski definition) is 4. The number of aliphatic hydroxyl groups is 1. The monoisotopic (exact) mass is 441 g/mol. The molecule has 0 amide bonds. The minimum absolute atomic E-state index is 0.553. The molecule has 3 aromatic heterocycles. The van der Waals surface area contributed by atoms with Crippen LogP contribution in [0.15, 0.2) is 17.5 Å². The molecule has 6 heteroatoms. The van der Waals surface area contributed by atoms with Gasteiger partial charge in [0, 0.05) is 55.1 Å². The Balaban J connectivity index is 1.51. The van der Waals surface area contributed by atoms with Gasteiger partial charge in [0.2, 0.25) is 0 Å². The molecule has 5 nitrogen and oxygen atoms in total. The van der Waals surface area contributed by atoms with Crippen molar-refractivity contribution in [2.24, 2.45) is 0 Å². The van der Waals surface area contributed by atoms with Gasteiger partial charge in [-0.1, -0.05) is 6.92 Å². The average Bonchev–Trinajstić information content (AvgIpc) is 3.45. The smallest absolute Gasteiger partial charge is 0.121 e. The zero-order chi connectivity index (χ0) is 21.4. The number of aromatic nitrogens is 2. The lowest BCUT2D eigenvalue weighted by Gasteiger charge is -2.27. The summed E-state index contributed by atoms with van der Waals surface area (Å²) in [7, 11) is 0. The summed E-state index contributed by atoms with van der Waals surface area (Å²) in [6, 6.07) is 4.39. The van der Waals surface area contributed by atoms with E-state index in [9.17, 15) is 5.11 Å². The highest BCUT2D eigenvalue weighted by molar-refractivity contribution is 7.16. The van der Waals surface area contributed by atoms with Crippen LogP contribution in [0.2, 0.25) is 0 Å². The molecule has 168 valence electrons. The molecule has 0 bridgehead atoms. The zero-order valence-electron chi connectivity index (χ0n) is 18.9. The van der Waals surface area contributed by atoms with E-state index in [2.05, 4.69) is 45.4 Å². The highest BCUT2D eigenvalue weighted by atomic mass is 32.1. The second-order valence-corrected chi connectivity index (χ2v) is 9.94.